The SMILES string of the molecule is CCC(C)Nc1nc(C)cc(NCc2cccc(C)c2)n1. The van der Waals surface area contributed by atoms with E-state index in [4.69, 9.17) is 0 Å². The van der Waals surface area contributed by atoms with Gasteiger partial charge in [-0.3, -0.25) is 0 Å². The smallest absolute Gasteiger partial charge is 0.225 e. The Kier molecular flexibility index (Phi) is 5.14. The summed E-state index contributed by atoms with van der Waals surface area (Å²) in [4.78, 5) is 8.95. The minimum Gasteiger partial charge on any atom is -0.366 e. The van der Waals surface area contributed by atoms with Crippen LogP contribution in [0.25, 0.3) is 0 Å². The van der Waals surface area contributed by atoms with Gasteiger partial charge in [0, 0.05) is 24.3 Å². The Morgan fingerprint density at radius 2 is 1.95 bits per heavy atom. The molecule has 1 heterocycles. The standard InChI is InChI=1S/C17H24N4/c1-5-13(3)19-17-20-14(4)10-16(21-17)18-11-15-8-6-7-12(2)9-15/h6-10,13H,5,11H2,1-4H3,(H2,18,19,20,21). The molecule has 4 heteroatoms. The van der Waals surface area contributed by atoms with Crippen LogP contribution in [-0.4, -0.2) is 16.0 Å². The summed E-state index contributed by atoms with van der Waals surface area (Å²) in [5.74, 6) is 1.55. The molecule has 0 fully saturated rings. The van der Waals surface area contributed by atoms with Crippen LogP contribution < -0.4 is 10.6 Å². The predicted molar refractivity (Wildman–Crippen MR) is 88.7 cm³/mol. The molecule has 1 aromatic heterocycles. The summed E-state index contributed by atoms with van der Waals surface area (Å²) >= 11 is 0. The van der Waals surface area contributed by atoms with Gasteiger partial charge in [0.25, 0.3) is 0 Å². The number of aromatic nitrogens is 2. The highest BCUT2D eigenvalue weighted by Gasteiger charge is 2.05. The molecule has 0 aliphatic heterocycles. The molecule has 1 unspecified atom stereocenters. The van der Waals surface area contributed by atoms with Crippen molar-refractivity contribution in [1.82, 2.24) is 9.97 Å². The number of rotatable bonds is 6. The quantitative estimate of drug-likeness (QED) is 0.844. The van der Waals surface area contributed by atoms with Gasteiger partial charge in [0.1, 0.15) is 5.82 Å². The van der Waals surface area contributed by atoms with E-state index in [1.54, 1.807) is 0 Å². The molecule has 2 aromatic rings. The van der Waals surface area contributed by atoms with Crippen molar-refractivity contribution < 1.29 is 0 Å². The van der Waals surface area contributed by atoms with E-state index in [0.29, 0.717) is 12.0 Å². The number of nitrogens with one attached hydrogen (secondary N) is 2. The zero-order valence-electron chi connectivity index (χ0n) is 13.3. The highest BCUT2D eigenvalue weighted by atomic mass is 15.1. The summed E-state index contributed by atoms with van der Waals surface area (Å²) in [6, 6.07) is 10.8. The molecule has 0 amide bonds. The van der Waals surface area contributed by atoms with Crippen LogP contribution in [0, 0.1) is 13.8 Å². The van der Waals surface area contributed by atoms with Crippen LogP contribution in [0.4, 0.5) is 11.8 Å². The van der Waals surface area contributed by atoms with Gasteiger partial charge in [-0.25, -0.2) is 4.98 Å². The van der Waals surface area contributed by atoms with Gasteiger partial charge < -0.3 is 10.6 Å². The first-order valence-electron chi connectivity index (χ1n) is 7.48. The van der Waals surface area contributed by atoms with Crippen LogP contribution in [0.1, 0.15) is 37.1 Å². The number of nitrogens with zero attached hydrogens (tertiary/aromatic N) is 2. The first-order valence-corrected chi connectivity index (χ1v) is 7.48. The molecule has 1 atom stereocenters. The fraction of sp³-hybridized carbons (Fsp3) is 0.412. The summed E-state index contributed by atoms with van der Waals surface area (Å²) in [7, 11) is 0. The normalized spacial score (nSPS) is 12.0. The Hall–Kier alpha value is -2.10. The third-order valence-corrected chi connectivity index (χ3v) is 3.40. The second-order valence-electron chi connectivity index (χ2n) is 5.51. The van der Waals surface area contributed by atoms with Gasteiger partial charge in [-0.05, 0) is 32.8 Å². The fourth-order valence-electron chi connectivity index (χ4n) is 2.06. The van der Waals surface area contributed by atoms with Gasteiger partial charge >= 0.3 is 0 Å². The van der Waals surface area contributed by atoms with Gasteiger partial charge in [-0.1, -0.05) is 36.8 Å². The van der Waals surface area contributed by atoms with Crippen molar-refractivity contribution in [1.29, 1.82) is 0 Å². The maximum atomic E-state index is 4.53. The van der Waals surface area contributed by atoms with Crippen molar-refractivity contribution in [3.63, 3.8) is 0 Å². The van der Waals surface area contributed by atoms with Crippen molar-refractivity contribution in [2.24, 2.45) is 0 Å². The van der Waals surface area contributed by atoms with Gasteiger partial charge in [-0.15, -0.1) is 0 Å². The van der Waals surface area contributed by atoms with Crippen molar-refractivity contribution in [3.8, 4) is 0 Å². The summed E-state index contributed by atoms with van der Waals surface area (Å²) in [6.45, 7) is 9.13. The molecular weight excluding hydrogens is 260 g/mol. The number of hydrogen-bond acceptors (Lipinski definition) is 4. The van der Waals surface area contributed by atoms with E-state index in [9.17, 15) is 0 Å². The van der Waals surface area contributed by atoms with E-state index >= 15 is 0 Å². The van der Waals surface area contributed by atoms with E-state index in [1.165, 1.54) is 11.1 Å². The summed E-state index contributed by atoms with van der Waals surface area (Å²) < 4.78 is 0. The van der Waals surface area contributed by atoms with Crippen molar-refractivity contribution in [2.75, 3.05) is 10.6 Å². The Labute approximate surface area is 127 Å². The average Bonchev–Trinajstić information content (AvgIpc) is 2.44. The molecule has 0 spiro atoms. The van der Waals surface area contributed by atoms with Crippen molar-refractivity contribution in [3.05, 3.63) is 47.2 Å². The van der Waals surface area contributed by atoms with Gasteiger partial charge in [0.05, 0.1) is 0 Å². The van der Waals surface area contributed by atoms with Crippen LogP contribution in [0.2, 0.25) is 0 Å². The second kappa shape index (κ2) is 7.07. The number of anilines is 2. The molecule has 2 N–H and O–H groups in total. The van der Waals surface area contributed by atoms with E-state index in [-0.39, 0.29) is 0 Å². The van der Waals surface area contributed by atoms with Gasteiger partial charge in [-0.2, -0.15) is 4.98 Å². The summed E-state index contributed by atoms with van der Waals surface area (Å²) in [5.41, 5.74) is 3.48. The van der Waals surface area contributed by atoms with E-state index in [2.05, 4.69) is 65.6 Å². The van der Waals surface area contributed by atoms with Crippen LogP contribution in [-0.2, 0) is 6.54 Å². The fourth-order valence-corrected chi connectivity index (χ4v) is 2.06. The lowest BCUT2D eigenvalue weighted by atomic mass is 10.1. The lowest BCUT2D eigenvalue weighted by Gasteiger charge is -2.13. The van der Waals surface area contributed by atoms with E-state index < -0.39 is 0 Å². The number of aryl methyl sites for hydroxylation is 2. The molecule has 0 aliphatic carbocycles. The maximum absolute atomic E-state index is 4.53. The Balaban J connectivity index is 2.06. The van der Waals surface area contributed by atoms with Crippen molar-refractivity contribution >= 4 is 11.8 Å². The van der Waals surface area contributed by atoms with Crippen molar-refractivity contribution in [2.45, 2.75) is 46.7 Å². The highest BCUT2D eigenvalue weighted by molar-refractivity contribution is 5.43. The molecule has 1 aromatic carbocycles. The average molecular weight is 284 g/mol. The summed E-state index contributed by atoms with van der Waals surface area (Å²) in [5, 5.41) is 6.69. The molecule has 0 aliphatic rings. The molecular formula is C17H24N4. The van der Waals surface area contributed by atoms with Crippen LogP contribution in [0.5, 0.6) is 0 Å². The first-order chi connectivity index (χ1) is 10.1. The predicted octanol–water partition coefficient (Wildman–Crippen LogP) is 3.92. The van der Waals surface area contributed by atoms with Crippen LogP contribution in [0.3, 0.4) is 0 Å². The highest BCUT2D eigenvalue weighted by Crippen LogP contribution is 2.13. The molecule has 0 saturated heterocycles. The lowest BCUT2D eigenvalue weighted by Crippen LogP contribution is -2.16. The zero-order valence-corrected chi connectivity index (χ0v) is 13.3. The van der Waals surface area contributed by atoms with E-state index in [0.717, 1.165) is 24.5 Å². The minimum atomic E-state index is 0.372. The molecule has 2 rings (SSSR count). The molecule has 0 radical (unpaired) electrons. The Morgan fingerprint density at radius 1 is 1.14 bits per heavy atom. The first kappa shape index (κ1) is 15.3. The second-order valence-corrected chi connectivity index (χ2v) is 5.51. The molecule has 0 saturated carbocycles. The zero-order chi connectivity index (χ0) is 15.2. The Bertz CT molecular complexity index is 595. The van der Waals surface area contributed by atoms with E-state index in [1.807, 2.05) is 13.0 Å². The minimum absolute atomic E-state index is 0.372. The molecule has 112 valence electrons. The molecule has 4 nitrogen and oxygen atoms in total. The Morgan fingerprint density at radius 3 is 2.67 bits per heavy atom. The molecule has 21 heavy (non-hydrogen) atoms. The molecule has 0 bridgehead atoms. The van der Waals surface area contributed by atoms with Crippen LogP contribution >= 0.6 is 0 Å². The maximum Gasteiger partial charge on any atom is 0.225 e. The number of hydrogen-bond donors (Lipinski definition) is 2. The van der Waals surface area contributed by atoms with Crippen LogP contribution in [0.15, 0.2) is 30.3 Å². The third-order valence-electron chi connectivity index (χ3n) is 3.40. The largest absolute Gasteiger partial charge is 0.366 e. The number of benzene rings is 1. The monoisotopic (exact) mass is 284 g/mol. The summed E-state index contributed by atoms with van der Waals surface area (Å²) in [6.07, 6.45) is 1.04. The van der Waals surface area contributed by atoms with Gasteiger partial charge in [0.15, 0.2) is 0 Å². The topological polar surface area (TPSA) is 49.8 Å². The lowest BCUT2D eigenvalue weighted by molar-refractivity contribution is 0.751. The van der Waals surface area contributed by atoms with Gasteiger partial charge in [0.2, 0.25) is 5.95 Å². The third kappa shape index (κ3) is 4.74.